The van der Waals surface area contributed by atoms with Gasteiger partial charge < -0.3 is 5.11 Å². The molecule has 1 rings (SSSR count). The van der Waals surface area contributed by atoms with E-state index < -0.39 is 0 Å². The normalized spacial score (nSPS) is 12.9. The van der Waals surface area contributed by atoms with Crippen molar-refractivity contribution in [1.29, 1.82) is 0 Å². The van der Waals surface area contributed by atoms with Crippen molar-refractivity contribution in [1.82, 2.24) is 4.98 Å². The van der Waals surface area contributed by atoms with Crippen molar-refractivity contribution in [3.63, 3.8) is 0 Å². The summed E-state index contributed by atoms with van der Waals surface area (Å²) in [6, 6.07) is 5.99. The summed E-state index contributed by atoms with van der Waals surface area (Å²) < 4.78 is 0. The Bertz CT molecular complexity index is 247. The SMILES string of the molecule is Cc1cccc(C(C)CCO)n1. The lowest BCUT2D eigenvalue weighted by molar-refractivity contribution is 0.278. The molecule has 1 aromatic heterocycles. The highest BCUT2D eigenvalue weighted by atomic mass is 16.3. The zero-order valence-corrected chi connectivity index (χ0v) is 7.62. The Morgan fingerprint density at radius 3 is 2.83 bits per heavy atom. The molecule has 1 atom stereocenters. The minimum absolute atomic E-state index is 0.233. The Balaban J connectivity index is 2.73. The van der Waals surface area contributed by atoms with Crippen LogP contribution < -0.4 is 0 Å². The van der Waals surface area contributed by atoms with E-state index in [-0.39, 0.29) is 6.61 Å². The van der Waals surface area contributed by atoms with Crippen molar-refractivity contribution < 1.29 is 5.11 Å². The highest BCUT2D eigenvalue weighted by Gasteiger charge is 2.05. The first kappa shape index (κ1) is 9.20. The molecule has 2 nitrogen and oxygen atoms in total. The van der Waals surface area contributed by atoms with Gasteiger partial charge in [-0.05, 0) is 25.5 Å². The van der Waals surface area contributed by atoms with E-state index in [2.05, 4.69) is 11.9 Å². The van der Waals surface area contributed by atoms with Gasteiger partial charge in [0, 0.05) is 23.9 Å². The molecule has 0 amide bonds. The Labute approximate surface area is 73.3 Å². The minimum Gasteiger partial charge on any atom is -0.396 e. The number of hydrogen-bond acceptors (Lipinski definition) is 2. The highest BCUT2D eigenvalue weighted by molar-refractivity contribution is 5.13. The average molecular weight is 165 g/mol. The van der Waals surface area contributed by atoms with Crippen LogP contribution >= 0.6 is 0 Å². The zero-order chi connectivity index (χ0) is 8.97. The molecule has 1 unspecified atom stereocenters. The van der Waals surface area contributed by atoms with Crippen LogP contribution in [0.4, 0.5) is 0 Å². The first-order valence-electron chi connectivity index (χ1n) is 4.28. The number of rotatable bonds is 3. The van der Waals surface area contributed by atoms with E-state index in [1.807, 2.05) is 25.1 Å². The summed E-state index contributed by atoms with van der Waals surface area (Å²) in [7, 11) is 0. The number of aromatic nitrogens is 1. The maximum absolute atomic E-state index is 8.74. The quantitative estimate of drug-likeness (QED) is 0.741. The van der Waals surface area contributed by atoms with Gasteiger partial charge in [0.15, 0.2) is 0 Å². The molecule has 0 radical (unpaired) electrons. The van der Waals surface area contributed by atoms with E-state index in [0.717, 1.165) is 17.8 Å². The van der Waals surface area contributed by atoms with Crippen molar-refractivity contribution in [3.8, 4) is 0 Å². The third kappa shape index (κ3) is 2.31. The molecule has 0 aliphatic carbocycles. The third-order valence-electron chi connectivity index (χ3n) is 1.98. The average Bonchev–Trinajstić information content (AvgIpc) is 2.05. The molecule has 0 aliphatic rings. The van der Waals surface area contributed by atoms with Gasteiger partial charge >= 0.3 is 0 Å². The maximum atomic E-state index is 8.74. The first-order valence-corrected chi connectivity index (χ1v) is 4.28. The van der Waals surface area contributed by atoms with E-state index in [4.69, 9.17) is 5.11 Å². The molecule has 1 aromatic rings. The van der Waals surface area contributed by atoms with Gasteiger partial charge in [0.2, 0.25) is 0 Å². The molecule has 1 N–H and O–H groups in total. The number of aliphatic hydroxyl groups excluding tert-OH is 1. The monoisotopic (exact) mass is 165 g/mol. The van der Waals surface area contributed by atoms with Crippen LogP contribution in [-0.4, -0.2) is 16.7 Å². The summed E-state index contributed by atoms with van der Waals surface area (Å²) in [5.41, 5.74) is 2.11. The molecule has 0 fully saturated rings. The van der Waals surface area contributed by atoms with Crippen molar-refractivity contribution in [3.05, 3.63) is 29.6 Å². The van der Waals surface area contributed by atoms with Gasteiger partial charge in [-0.2, -0.15) is 0 Å². The summed E-state index contributed by atoms with van der Waals surface area (Å²) in [5.74, 6) is 0.356. The number of aryl methyl sites for hydroxylation is 1. The van der Waals surface area contributed by atoms with Gasteiger partial charge in [0.25, 0.3) is 0 Å². The lowest BCUT2D eigenvalue weighted by Gasteiger charge is -2.08. The molecular formula is C10H15NO. The predicted octanol–water partition coefficient (Wildman–Crippen LogP) is 1.88. The molecular weight excluding hydrogens is 150 g/mol. The van der Waals surface area contributed by atoms with Crippen LogP contribution in [0.2, 0.25) is 0 Å². The van der Waals surface area contributed by atoms with Crippen molar-refractivity contribution in [2.75, 3.05) is 6.61 Å². The molecule has 0 bridgehead atoms. The molecule has 12 heavy (non-hydrogen) atoms. The maximum Gasteiger partial charge on any atom is 0.0437 e. The molecule has 2 heteroatoms. The number of hydrogen-bond donors (Lipinski definition) is 1. The minimum atomic E-state index is 0.233. The topological polar surface area (TPSA) is 33.1 Å². The molecule has 1 heterocycles. The van der Waals surface area contributed by atoms with Crippen LogP contribution in [0, 0.1) is 6.92 Å². The van der Waals surface area contributed by atoms with Gasteiger partial charge in [-0.25, -0.2) is 0 Å². The van der Waals surface area contributed by atoms with E-state index in [1.165, 1.54) is 0 Å². The molecule has 0 saturated carbocycles. The van der Waals surface area contributed by atoms with Crippen LogP contribution in [0.25, 0.3) is 0 Å². The third-order valence-corrected chi connectivity index (χ3v) is 1.98. The van der Waals surface area contributed by atoms with E-state index in [1.54, 1.807) is 0 Å². The summed E-state index contributed by atoms with van der Waals surface area (Å²) in [4.78, 5) is 4.38. The van der Waals surface area contributed by atoms with Crippen LogP contribution in [0.1, 0.15) is 30.7 Å². The molecule has 66 valence electrons. The fourth-order valence-corrected chi connectivity index (χ4v) is 1.18. The summed E-state index contributed by atoms with van der Waals surface area (Å²) in [5, 5.41) is 8.74. The lowest BCUT2D eigenvalue weighted by atomic mass is 10.0. The standard InChI is InChI=1S/C10H15NO/c1-8(6-7-12)10-5-3-4-9(2)11-10/h3-5,8,12H,6-7H2,1-2H3. The Morgan fingerprint density at radius 2 is 2.25 bits per heavy atom. The van der Waals surface area contributed by atoms with Gasteiger partial charge in [-0.15, -0.1) is 0 Å². The number of pyridine rings is 1. The van der Waals surface area contributed by atoms with Gasteiger partial charge in [0.1, 0.15) is 0 Å². The van der Waals surface area contributed by atoms with Crippen molar-refractivity contribution in [2.45, 2.75) is 26.2 Å². The fourth-order valence-electron chi connectivity index (χ4n) is 1.18. The van der Waals surface area contributed by atoms with Crippen LogP contribution in [-0.2, 0) is 0 Å². The second kappa shape index (κ2) is 4.21. The van der Waals surface area contributed by atoms with Crippen molar-refractivity contribution >= 4 is 0 Å². The Kier molecular flexibility index (Phi) is 3.23. The van der Waals surface area contributed by atoms with Crippen LogP contribution in [0.3, 0.4) is 0 Å². The number of aliphatic hydroxyl groups is 1. The smallest absolute Gasteiger partial charge is 0.0437 e. The zero-order valence-electron chi connectivity index (χ0n) is 7.62. The van der Waals surface area contributed by atoms with Gasteiger partial charge in [0.05, 0.1) is 0 Å². The second-order valence-electron chi connectivity index (χ2n) is 3.12. The molecule has 0 aliphatic heterocycles. The van der Waals surface area contributed by atoms with E-state index in [0.29, 0.717) is 5.92 Å². The van der Waals surface area contributed by atoms with Crippen LogP contribution in [0.5, 0.6) is 0 Å². The largest absolute Gasteiger partial charge is 0.396 e. The molecule has 0 saturated heterocycles. The van der Waals surface area contributed by atoms with E-state index >= 15 is 0 Å². The second-order valence-corrected chi connectivity index (χ2v) is 3.12. The predicted molar refractivity (Wildman–Crippen MR) is 49.1 cm³/mol. The van der Waals surface area contributed by atoms with E-state index in [9.17, 15) is 0 Å². The van der Waals surface area contributed by atoms with Gasteiger partial charge in [-0.1, -0.05) is 13.0 Å². The summed E-state index contributed by atoms with van der Waals surface area (Å²) in [6.07, 6.45) is 0.788. The summed E-state index contributed by atoms with van der Waals surface area (Å²) >= 11 is 0. The number of nitrogens with zero attached hydrogens (tertiary/aromatic N) is 1. The highest BCUT2D eigenvalue weighted by Crippen LogP contribution is 2.15. The van der Waals surface area contributed by atoms with Crippen LogP contribution in [0.15, 0.2) is 18.2 Å². The Hall–Kier alpha value is -0.890. The van der Waals surface area contributed by atoms with Gasteiger partial charge in [-0.3, -0.25) is 4.98 Å². The lowest BCUT2D eigenvalue weighted by Crippen LogP contribution is -2.00. The molecule has 0 spiro atoms. The summed E-state index contributed by atoms with van der Waals surface area (Å²) in [6.45, 7) is 4.30. The van der Waals surface area contributed by atoms with Crippen molar-refractivity contribution in [2.24, 2.45) is 0 Å². The fraction of sp³-hybridized carbons (Fsp3) is 0.500. The first-order chi connectivity index (χ1) is 5.74. The molecule has 0 aromatic carbocycles. The Morgan fingerprint density at radius 1 is 1.50 bits per heavy atom.